The molecule has 1 aliphatic heterocycles. The molecular formula is C23H23N5O2. The Kier molecular flexibility index (Phi) is 4.40. The van der Waals surface area contributed by atoms with E-state index >= 15 is 0 Å². The maximum Gasteiger partial charge on any atom is 0.251 e. The maximum atomic E-state index is 12.3. The van der Waals surface area contributed by atoms with Crippen LogP contribution in [-0.4, -0.2) is 46.7 Å². The quantitative estimate of drug-likeness (QED) is 0.570. The molecule has 5 rings (SSSR count). The second-order valence-electron chi connectivity index (χ2n) is 7.63. The third-order valence-corrected chi connectivity index (χ3v) is 5.71. The molecule has 30 heavy (non-hydrogen) atoms. The fourth-order valence-electron chi connectivity index (χ4n) is 4.28. The third-order valence-electron chi connectivity index (χ3n) is 5.71. The number of aryl methyl sites for hydroxylation is 2. The van der Waals surface area contributed by atoms with Crippen molar-refractivity contribution in [2.45, 2.75) is 13.8 Å². The average molecular weight is 401 g/mol. The van der Waals surface area contributed by atoms with Gasteiger partial charge in [-0.3, -0.25) is 14.3 Å². The lowest BCUT2D eigenvalue weighted by Gasteiger charge is -2.29. The standard InChI is InChI=1S/C23H23N5O2/c1-14-13-25-19-6-4-3-5-17(19)22(14)28-15(2)26-21-18(23(24)29)11-16(12-20(21)28)27-7-9-30-10-8-27/h3-6,11-13H,7-10H2,1-2H3,(H2,24,29). The van der Waals surface area contributed by atoms with Crippen LogP contribution in [0.25, 0.3) is 27.6 Å². The predicted molar refractivity (Wildman–Crippen MR) is 117 cm³/mol. The Labute approximate surface area is 174 Å². The average Bonchev–Trinajstić information content (AvgIpc) is 3.09. The highest BCUT2D eigenvalue weighted by Gasteiger charge is 2.22. The molecule has 1 fully saturated rings. The Bertz CT molecular complexity index is 1290. The van der Waals surface area contributed by atoms with Crippen LogP contribution in [0.2, 0.25) is 0 Å². The molecule has 152 valence electrons. The van der Waals surface area contributed by atoms with Crippen LogP contribution in [0.15, 0.2) is 42.6 Å². The summed E-state index contributed by atoms with van der Waals surface area (Å²) in [6.45, 7) is 6.86. The first-order valence-corrected chi connectivity index (χ1v) is 10.0. The number of benzene rings is 2. The number of nitrogens with zero attached hydrogens (tertiary/aromatic N) is 4. The van der Waals surface area contributed by atoms with Crippen LogP contribution >= 0.6 is 0 Å². The van der Waals surface area contributed by atoms with E-state index in [2.05, 4.69) is 26.6 Å². The minimum Gasteiger partial charge on any atom is -0.378 e. The molecule has 2 N–H and O–H groups in total. The van der Waals surface area contributed by atoms with Gasteiger partial charge >= 0.3 is 0 Å². The number of imidazole rings is 1. The van der Waals surface area contributed by atoms with Crippen LogP contribution in [0.4, 0.5) is 5.69 Å². The third kappa shape index (κ3) is 2.90. The molecule has 0 unspecified atom stereocenters. The molecule has 0 bridgehead atoms. The highest BCUT2D eigenvalue weighted by molar-refractivity contribution is 6.06. The number of carbonyl (C=O) groups excluding carboxylic acids is 1. The molecule has 2 aromatic heterocycles. The van der Waals surface area contributed by atoms with Gasteiger partial charge in [0.25, 0.3) is 5.91 Å². The van der Waals surface area contributed by atoms with Crippen molar-refractivity contribution in [3.63, 3.8) is 0 Å². The number of para-hydroxylation sites is 1. The Morgan fingerprint density at radius 3 is 2.67 bits per heavy atom. The number of rotatable bonds is 3. The van der Waals surface area contributed by atoms with Crippen molar-refractivity contribution in [1.82, 2.24) is 14.5 Å². The number of fused-ring (bicyclic) bond motifs is 2. The van der Waals surface area contributed by atoms with Gasteiger partial charge in [0.15, 0.2) is 0 Å². The molecule has 1 saturated heterocycles. The zero-order valence-corrected chi connectivity index (χ0v) is 17.1. The van der Waals surface area contributed by atoms with Crippen LogP contribution in [-0.2, 0) is 4.74 Å². The molecule has 7 heteroatoms. The Morgan fingerprint density at radius 2 is 1.90 bits per heavy atom. The van der Waals surface area contributed by atoms with Gasteiger partial charge in [-0.2, -0.15) is 0 Å². The number of pyridine rings is 1. The van der Waals surface area contributed by atoms with Crippen molar-refractivity contribution < 1.29 is 9.53 Å². The van der Waals surface area contributed by atoms with E-state index in [1.54, 1.807) is 0 Å². The van der Waals surface area contributed by atoms with Crippen molar-refractivity contribution in [3.8, 4) is 5.69 Å². The van der Waals surface area contributed by atoms with Gasteiger partial charge in [-0.1, -0.05) is 18.2 Å². The van der Waals surface area contributed by atoms with Gasteiger partial charge in [0, 0.05) is 30.4 Å². The smallest absolute Gasteiger partial charge is 0.251 e. The minimum absolute atomic E-state index is 0.437. The lowest BCUT2D eigenvalue weighted by atomic mass is 10.1. The summed E-state index contributed by atoms with van der Waals surface area (Å²) < 4.78 is 7.61. The zero-order chi connectivity index (χ0) is 20.8. The van der Waals surface area contributed by atoms with Gasteiger partial charge in [0.2, 0.25) is 0 Å². The van der Waals surface area contributed by atoms with Crippen LogP contribution in [0.5, 0.6) is 0 Å². The number of morpholine rings is 1. The number of anilines is 1. The Hall–Kier alpha value is -3.45. The van der Waals surface area contributed by atoms with Gasteiger partial charge in [-0.05, 0) is 37.6 Å². The fraction of sp³-hybridized carbons (Fsp3) is 0.261. The van der Waals surface area contributed by atoms with E-state index in [9.17, 15) is 4.79 Å². The van der Waals surface area contributed by atoms with Crippen molar-refractivity contribution in [1.29, 1.82) is 0 Å². The molecule has 0 atom stereocenters. The van der Waals surface area contributed by atoms with E-state index in [-0.39, 0.29) is 0 Å². The number of nitrogens with two attached hydrogens (primary N) is 1. The zero-order valence-electron chi connectivity index (χ0n) is 17.1. The van der Waals surface area contributed by atoms with Crippen molar-refractivity contribution >= 4 is 33.5 Å². The number of hydrogen-bond acceptors (Lipinski definition) is 5. The molecule has 2 aromatic carbocycles. The van der Waals surface area contributed by atoms with Gasteiger partial charge in [0.05, 0.1) is 35.5 Å². The molecular weight excluding hydrogens is 378 g/mol. The lowest BCUT2D eigenvalue weighted by Crippen LogP contribution is -2.36. The minimum atomic E-state index is -0.476. The van der Waals surface area contributed by atoms with E-state index in [1.807, 2.05) is 44.3 Å². The number of primary amides is 1. The molecule has 1 aliphatic rings. The second-order valence-corrected chi connectivity index (χ2v) is 7.63. The summed E-state index contributed by atoms with van der Waals surface area (Å²) in [5.41, 5.74) is 11.6. The molecule has 0 radical (unpaired) electrons. The summed E-state index contributed by atoms with van der Waals surface area (Å²) >= 11 is 0. The summed E-state index contributed by atoms with van der Waals surface area (Å²) in [6, 6.07) is 12.0. The highest BCUT2D eigenvalue weighted by atomic mass is 16.5. The normalized spacial score (nSPS) is 14.5. The number of ether oxygens (including phenoxy) is 1. The van der Waals surface area contributed by atoms with E-state index < -0.39 is 5.91 Å². The summed E-state index contributed by atoms with van der Waals surface area (Å²) in [5, 5.41) is 1.04. The maximum absolute atomic E-state index is 12.3. The molecule has 1 amide bonds. The highest BCUT2D eigenvalue weighted by Crippen LogP contribution is 2.33. The monoisotopic (exact) mass is 401 g/mol. The van der Waals surface area contributed by atoms with Crippen molar-refractivity contribution in [2.75, 3.05) is 31.2 Å². The van der Waals surface area contributed by atoms with Gasteiger partial charge in [0.1, 0.15) is 11.3 Å². The Balaban J connectivity index is 1.84. The molecule has 0 saturated carbocycles. The molecule has 0 spiro atoms. The summed E-state index contributed by atoms with van der Waals surface area (Å²) in [6.07, 6.45) is 1.88. The van der Waals surface area contributed by atoms with Gasteiger partial charge in [-0.15, -0.1) is 0 Å². The number of hydrogen-bond donors (Lipinski definition) is 1. The number of aromatic nitrogens is 3. The fourth-order valence-corrected chi connectivity index (χ4v) is 4.28. The number of carbonyl (C=O) groups is 1. The molecule has 4 aromatic rings. The number of amides is 1. The molecule has 0 aliphatic carbocycles. The molecule has 7 nitrogen and oxygen atoms in total. The van der Waals surface area contributed by atoms with Crippen LogP contribution in [0.1, 0.15) is 21.7 Å². The summed E-state index contributed by atoms with van der Waals surface area (Å²) in [7, 11) is 0. The topological polar surface area (TPSA) is 86.3 Å². The van der Waals surface area contributed by atoms with E-state index in [1.165, 1.54) is 0 Å². The van der Waals surface area contributed by atoms with Gasteiger partial charge < -0.3 is 15.4 Å². The second kappa shape index (κ2) is 7.11. The van der Waals surface area contributed by atoms with Crippen molar-refractivity contribution in [3.05, 3.63) is 59.5 Å². The van der Waals surface area contributed by atoms with Gasteiger partial charge in [-0.25, -0.2) is 4.98 Å². The van der Waals surface area contributed by atoms with Crippen LogP contribution in [0, 0.1) is 13.8 Å². The first-order chi connectivity index (χ1) is 14.5. The van der Waals surface area contributed by atoms with Crippen LogP contribution < -0.4 is 10.6 Å². The summed E-state index contributed by atoms with van der Waals surface area (Å²) in [4.78, 5) is 23.8. The van der Waals surface area contributed by atoms with E-state index in [4.69, 9.17) is 15.5 Å². The SMILES string of the molecule is Cc1cnc2ccccc2c1-n1c(C)nc2c(C(N)=O)cc(N3CCOCC3)cc21. The van der Waals surface area contributed by atoms with Crippen molar-refractivity contribution in [2.24, 2.45) is 5.73 Å². The predicted octanol–water partition coefficient (Wildman–Crippen LogP) is 3.13. The van der Waals surface area contributed by atoms with E-state index in [0.717, 1.165) is 52.3 Å². The lowest BCUT2D eigenvalue weighted by molar-refractivity contribution is 0.100. The Morgan fingerprint density at radius 1 is 1.13 bits per heavy atom. The van der Waals surface area contributed by atoms with Crippen LogP contribution in [0.3, 0.4) is 0 Å². The van der Waals surface area contributed by atoms with E-state index in [0.29, 0.717) is 24.3 Å². The summed E-state index contributed by atoms with van der Waals surface area (Å²) in [5.74, 6) is 0.321. The largest absolute Gasteiger partial charge is 0.378 e. The molecule has 3 heterocycles. The first kappa shape index (κ1) is 18.6. The first-order valence-electron chi connectivity index (χ1n) is 10.0.